The maximum absolute atomic E-state index is 11.9. The smallest absolute Gasteiger partial charge is 0.261 e. The highest BCUT2D eigenvalue weighted by Gasteiger charge is 2.18. The van der Waals surface area contributed by atoms with Crippen molar-refractivity contribution in [1.82, 2.24) is 10.6 Å². The molecule has 17 heavy (non-hydrogen) atoms. The van der Waals surface area contributed by atoms with Gasteiger partial charge in [0.1, 0.15) is 0 Å². The molecule has 4 heteroatoms. The summed E-state index contributed by atoms with van der Waals surface area (Å²) in [7, 11) is 0. The Kier molecular flexibility index (Phi) is 2.82. The third-order valence-electron chi connectivity index (χ3n) is 3.07. The maximum atomic E-state index is 11.9. The molecule has 1 aliphatic rings. The number of carbonyl (C=O) groups excluding carboxylic acids is 1. The van der Waals surface area contributed by atoms with E-state index in [1.54, 1.807) is 11.3 Å². The van der Waals surface area contributed by atoms with Crippen molar-refractivity contribution >= 4 is 27.3 Å². The second-order valence-corrected chi connectivity index (χ2v) is 5.47. The molecule has 0 aliphatic carbocycles. The summed E-state index contributed by atoms with van der Waals surface area (Å²) < 4.78 is 1.17. The highest BCUT2D eigenvalue weighted by Crippen LogP contribution is 2.25. The van der Waals surface area contributed by atoms with Crippen molar-refractivity contribution in [3.05, 3.63) is 35.2 Å². The first kappa shape index (κ1) is 10.7. The van der Waals surface area contributed by atoms with Gasteiger partial charge in [0.05, 0.1) is 4.88 Å². The molecule has 1 saturated heterocycles. The Labute approximate surface area is 104 Å². The molecule has 0 unspecified atom stereocenters. The van der Waals surface area contributed by atoms with Crippen molar-refractivity contribution in [2.75, 3.05) is 19.6 Å². The summed E-state index contributed by atoms with van der Waals surface area (Å²) in [6, 6.07) is 10.1. The average Bonchev–Trinajstić information content (AvgIpc) is 2.70. The summed E-state index contributed by atoms with van der Waals surface area (Å²) in [6.07, 6.45) is 0. The van der Waals surface area contributed by atoms with E-state index in [0.717, 1.165) is 29.9 Å². The molecule has 2 heterocycles. The molecule has 3 nitrogen and oxygen atoms in total. The van der Waals surface area contributed by atoms with Crippen LogP contribution in [0, 0.1) is 5.92 Å². The highest BCUT2D eigenvalue weighted by molar-refractivity contribution is 7.20. The van der Waals surface area contributed by atoms with Crippen molar-refractivity contribution in [1.29, 1.82) is 0 Å². The van der Waals surface area contributed by atoms with E-state index in [-0.39, 0.29) is 5.91 Å². The molecule has 2 aromatic rings. The number of amides is 1. The Hall–Kier alpha value is -1.39. The van der Waals surface area contributed by atoms with Crippen LogP contribution >= 0.6 is 11.3 Å². The number of thiophene rings is 1. The van der Waals surface area contributed by atoms with Gasteiger partial charge in [-0.25, -0.2) is 0 Å². The van der Waals surface area contributed by atoms with Crippen LogP contribution in [0.1, 0.15) is 9.67 Å². The second-order valence-electron chi connectivity index (χ2n) is 4.38. The van der Waals surface area contributed by atoms with Gasteiger partial charge in [-0.05, 0) is 17.5 Å². The molecule has 1 fully saturated rings. The minimum Gasteiger partial charge on any atom is -0.351 e. The number of benzene rings is 1. The molecule has 1 aromatic carbocycles. The second kappa shape index (κ2) is 4.47. The fourth-order valence-electron chi connectivity index (χ4n) is 1.91. The van der Waals surface area contributed by atoms with Crippen molar-refractivity contribution in [2.24, 2.45) is 5.92 Å². The first-order valence-corrected chi connectivity index (χ1v) is 6.62. The van der Waals surface area contributed by atoms with Gasteiger partial charge >= 0.3 is 0 Å². The predicted octanol–water partition coefficient (Wildman–Crippen LogP) is 1.85. The van der Waals surface area contributed by atoms with Gasteiger partial charge in [-0.2, -0.15) is 0 Å². The van der Waals surface area contributed by atoms with E-state index >= 15 is 0 Å². The first-order chi connectivity index (χ1) is 8.33. The van der Waals surface area contributed by atoms with E-state index < -0.39 is 0 Å². The van der Waals surface area contributed by atoms with Gasteiger partial charge in [0.2, 0.25) is 0 Å². The third-order valence-corrected chi connectivity index (χ3v) is 4.18. The van der Waals surface area contributed by atoms with Gasteiger partial charge in [0.25, 0.3) is 5.91 Å². The molecule has 0 bridgehead atoms. The normalized spacial score (nSPS) is 15.8. The van der Waals surface area contributed by atoms with Crippen molar-refractivity contribution in [3.8, 4) is 0 Å². The Balaban J connectivity index is 1.71. The zero-order chi connectivity index (χ0) is 11.7. The molecular weight excluding hydrogens is 232 g/mol. The van der Waals surface area contributed by atoms with E-state index in [1.807, 2.05) is 30.3 Å². The van der Waals surface area contributed by atoms with E-state index in [1.165, 1.54) is 4.70 Å². The maximum Gasteiger partial charge on any atom is 0.261 e. The standard InChI is InChI=1S/C13H14N2OS/c16-13(15-8-9-6-14-7-9)12-5-10-3-1-2-4-11(10)17-12/h1-5,9,14H,6-8H2,(H,15,16). The number of hydrogen-bond donors (Lipinski definition) is 2. The SMILES string of the molecule is O=C(NCC1CNC1)c1cc2ccccc2s1. The van der Waals surface area contributed by atoms with Gasteiger partial charge in [-0.15, -0.1) is 11.3 Å². The Morgan fingerprint density at radius 1 is 1.41 bits per heavy atom. The van der Waals surface area contributed by atoms with Crippen molar-refractivity contribution in [3.63, 3.8) is 0 Å². The summed E-state index contributed by atoms with van der Waals surface area (Å²) in [5.74, 6) is 0.659. The van der Waals surface area contributed by atoms with Crippen LogP contribution in [0.4, 0.5) is 0 Å². The predicted molar refractivity (Wildman–Crippen MR) is 70.5 cm³/mol. The van der Waals surface area contributed by atoms with Gasteiger partial charge in [0.15, 0.2) is 0 Å². The lowest BCUT2D eigenvalue weighted by molar-refractivity contribution is 0.0946. The number of carbonyl (C=O) groups is 1. The molecule has 0 saturated carbocycles. The van der Waals surface area contributed by atoms with E-state index in [9.17, 15) is 4.79 Å². The number of hydrogen-bond acceptors (Lipinski definition) is 3. The summed E-state index contributed by atoms with van der Waals surface area (Å²) in [5, 5.41) is 7.34. The summed E-state index contributed by atoms with van der Waals surface area (Å²) in [5.41, 5.74) is 0. The van der Waals surface area contributed by atoms with Crippen LogP contribution in [0.25, 0.3) is 10.1 Å². The lowest BCUT2D eigenvalue weighted by atomic mass is 10.0. The molecule has 2 N–H and O–H groups in total. The minimum absolute atomic E-state index is 0.0538. The fraction of sp³-hybridized carbons (Fsp3) is 0.308. The number of nitrogens with one attached hydrogen (secondary N) is 2. The van der Waals surface area contributed by atoms with Crippen LogP contribution in [-0.2, 0) is 0 Å². The Bertz CT molecular complexity index is 512. The summed E-state index contributed by atoms with van der Waals surface area (Å²) in [4.78, 5) is 12.7. The van der Waals surface area contributed by atoms with Crippen LogP contribution in [0.5, 0.6) is 0 Å². The lowest BCUT2D eigenvalue weighted by Gasteiger charge is -2.26. The van der Waals surface area contributed by atoms with Crippen LogP contribution in [0.15, 0.2) is 30.3 Å². The molecule has 1 amide bonds. The summed E-state index contributed by atoms with van der Waals surface area (Å²) in [6.45, 7) is 2.82. The van der Waals surface area contributed by atoms with Gasteiger partial charge in [-0.1, -0.05) is 18.2 Å². The monoisotopic (exact) mass is 246 g/mol. The van der Waals surface area contributed by atoms with Crippen LogP contribution in [-0.4, -0.2) is 25.5 Å². The van der Waals surface area contributed by atoms with Crippen molar-refractivity contribution < 1.29 is 4.79 Å². The van der Waals surface area contributed by atoms with Crippen LogP contribution < -0.4 is 10.6 Å². The van der Waals surface area contributed by atoms with Crippen LogP contribution in [0.3, 0.4) is 0 Å². The molecule has 0 radical (unpaired) electrons. The quantitative estimate of drug-likeness (QED) is 0.868. The molecule has 1 aromatic heterocycles. The molecule has 88 valence electrons. The van der Waals surface area contributed by atoms with Crippen LogP contribution in [0.2, 0.25) is 0 Å². The largest absolute Gasteiger partial charge is 0.351 e. The molecule has 0 spiro atoms. The fourth-order valence-corrected chi connectivity index (χ4v) is 2.89. The number of rotatable bonds is 3. The van der Waals surface area contributed by atoms with Gasteiger partial charge in [0, 0.05) is 30.3 Å². The van der Waals surface area contributed by atoms with E-state index in [4.69, 9.17) is 0 Å². The zero-order valence-corrected chi connectivity index (χ0v) is 10.2. The molecule has 3 rings (SSSR count). The lowest BCUT2D eigenvalue weighted by Crippen LogP contribution is -2.48. The van der Waals surface area contributed by atoms with E-state index in [0.29, 0.717) is 5.92 Å². The third kappa shape index (κ3) is 2.18. The highest BCUT2D eigenvalue weighted by atomic mass is 32.1. The Morgan fingerprint density at radius 2 is 2.24 bits per heavy atom. The van der Waals surface area contributed by atoms with E-state index in [2.05, 4.69) is 10.6 Å². The minimum atomic E-state index is 0.0538. The van der Waals surface area contributed by atoms with Crippen molar-refractivity contribution in [2.45, 2.75) is 0 Å². The molecule has 1 aliphatic heterocycles. The van der Waals surface area contributed by atoms with Gasteiger partial charge < -0.3 is 10.6 Å². The topological polar surface area (TPSA) is 41.1 Å². The summed E-state index contributed by atoms with van der Waals surface area (Å²) >= 11 is 1.55. The van der Waals surface area contributed by atoms with Gasteiger partial charge in [-0.3, -0.25) is 4.79 Å². The molecule has 0 atom stereocenters. The zero-order valence-electron chi connectivity index (χ0n) is 9.40. The average molecular weight is 246 g/mol. The Morgan fingerprint density at radius 3 is 2.94 bits per heavy atom. The first-order valence-electron chi connectivity index (χ1n) is 5.80. The number of fused-ring (bicyclic) bond motifs is 1. The molecular formula is C13H14N2OS.